The van der Waals surface area contributed by atoms with Crippen LogP contribution in [0, 0.1) is 0 Å². The van der Waals surface area contributed by atoms with Crippen molar-refractivity contribution in [2.24, 2.45) is 10.7 Å². The van der Waals surface area contributed by atoms with Crippen LogP contribution in [0.4, 0.5) is 0 Å². The minimum absolute atomic E-state index is 0. The standard InChI is InChI=1S/C14H22N4O.HI/c15-14(18-12-5-2-1-3-6-12)17-9-10-19-13-7-4-8-16-11-13;/h4,7-8,11-12H,1-3,5-6,9-10H2,(H3,15,17,18);1H. The molecule has 0 bridgehead atoms. The van der Waals surface area contributed by atoms with Crippen LogP contribution >= 0.6 is 24.0 Å². The SMILES string of the molecule is I.NC(=NCCOc1cccnc1)NC1CCCCC1. The summed E-state index contributed by atoms with van der Waals surface area (Å²) < 4.78 is 5.49. The first-order valence-corrected chi connectivity index (χ1v) is 6.94. The van der Waals surface area contributed by atoms with Crippen molar-refractivity contribution >= 4 is 29.9 Å². The number of ether oxygens (including phenoxy) is 1. The van der Waals surface area contributed by atoms with Crippen molar-refractivity contribution in [1.82, 2.24) is 10.3 Å². The summed E-state index contributed by atoms with van der Waals surface area (Å²) in [6, 6.07) is 4.22. The van der Waals surface area contributed by atoms with E-state index in [2.05, 4.69) is 15.3 Å². The number of rotatable bonds is 5. The third kappa shape index (κ3) is 6.40. The third-order valence-corrected chi connectivity index (χ3v) is 3.23. The summed E-state index contributed by atoms with van der Waals surface area (Å²) in [5, 5.41) is 3.28. The number of nitrogens with one attached hydrogen (secondary N) is 1. The number of nitrogens with two attached hydrogens (primary N) is 1. The molecule has 1 aliphatic carbocycles. The van der Waals surface area contributed by atoms with Crippen LogP contribution in [0.2, 0.25) is 0 Å². The number of aromatic nitrogens is 1. The van der Waals surface area contributed by atoms with Gasteiger partial charge in [-0.2, -0.15) is 0 Å². The van der Waals surface area contributed by atoms with Gasteiger partial charge in [0.1, 0.15) is 12.4 Å². The van der Waals surface area contributed by atoms with Gasteiger partial charge in [-0.3, -0.25) is 4.98 Å². The van der Waals surface area contributed by atoms with E-state index >= 15 is 0 Å². The Bertz CT molecular complexity index is 393. The minimum atomic E-state index is 0. The normalized spacial score (nSPS) is 16.3. The molecule has 0 spiro atoms. The lowest BCUT2D eigenvalue weighted by atomic mass is 9.96. The number of hydrogen-bond donors (Lipinski definition) is 2. The van der Waals surface area contributed by atoms with Crippen molar-refractivity contribution in [3.63, 3.8) is 0 Å². The van der Waals surface area contributed by atoms with Gasteiger partial charge < -0.3 is 15.8 Å². The smallest absolute Gasteiger partial charge is 0.188 e. The van der Waals surface area contributed by atoms with Crippen molar-refractivity contribution in [2.45, 2.75) is 38.1 Å². The highest BCUT2D eigenvalue weighted by Crippen LogP contribution is 2.16. The van der Waals surface area contributed by atoms with Crippen LogP contribution in [-0.2, 0) is 0 Å². The summed E-state index contributed by atoms with van der Waals surface area (Å²) in [5.74, 6) is 1.29. The van der Waals surface area contributed by atoms with Gasteiger partial charge in [0.25, 0.3) is 0 Å². The van der Waals surface area contributed by atoms with E-state index in [4.69, 9.17) is 10.5 Å². The second-order valence-corrected chi connectivity index (χ2v) is 4.78. The fourth-order valence-corrected chi connectivity index (χ4v) is 2.26. The lowest BCUT2D eigenvalue weighted by molar-refractivity contribution is 0.327. The van der Waals surface area contributed by atoms with E-state index in [9.17, 15) is 0 Å². The lowest BCUT2D eigenvalue weighted by Gasteiger charge is -2.23. The molecule has 1 saturated carbocycles. The Labute approximate surface area is 137 Å². The van der Waals surface area contributed by atoms with Gasteiger partial charge in [0, 0.05) is 12.2 Å². The Morgan fingerprint density at radius 1 is 1.40 bits per heavy atom. The van der Waals surface area contributed by atoms with Crippen molar-refractivity contribution in [2.75, 3.05) is 13.2 Å². The highest BCUT2D eigenvalue weighted by molar-refractivity contribution is 14.0. The van der Waals surface area contributed by atoms with Crippen LogP contribution in [-0.4, -0.2) is 30.1 Å². The molecule has 6 heteroatoms. The highest BCUT2D eigenvalue weighted by Gasteiger charge is 2.12. The molecule has 0 atom stereocenters. The molecule has 1 fully saturated rings. The van der Waals surface area contributed by atoms with E-state index < -0.39 is 0 Å². The summed E-state index contributed by atoms with van der Waals surface area (Å²) in [7, 11) is 0. The first-order chi connectivity index (χ1) is 9.34. The Kier molecular flexibility index (Phi) is 8.32. The van der Waals surface area contributed by atoms with Gasteiger partial charge in [-0.05, 0) is 25.0 Å². The molecule has 1 aromatic heterocycles. The second-order valence-electron chi connectivity index (χ2n) is 4.78. The van der Waals surface area contributed by atoms with Crippen LogP contribution in [0.3, 0.4) is 0 Å². The molecule has 5 nitrogen and oxygen atoms in total. The van der Waals surface area contributed by atoms with Crippen LogP contribution in [0.25, 0.3) is 0 Å². The highest BCUT2D eigenvalue weighted by atomic mass is 127. The summed E-state index contributed by atoms with van der Waals surface area (Å²) in [5.41, 5.74) is 5.85. The van der Waals surface area contributed by atoms with E-state index in [0.717, 1.165) is 5.75 Å². The van der Waals surface area contributed by atoms with Crippen molar-refractivity contribution < 1.29 is 4.74 Å². The fraction of sp³-hybridized carbons (Fsp3) is 0.571. The van der Waals surface area contributed by atoms with Gasteiger partial charge in [0.05, 0.1) is 12.7 Å². The number of pyridine rings is 1. The van der Waals surface area contributed by atoms with E-state index in [1.54, 1.807) is 12.4 Å². The van der Waals surface area contributed by atoms with Gasteiger partial charge >= 0.3 is 0 Å². The molecule has 3 N–H and O–H groups in total. The van der Waals surface area contributed by atoms with Gasteiger partial charge in [-0.25, -0.2) is 4.99 Å². The number of guanidine groups is 1. The first kappa shape index (κ1) is 17.0. The molecule has 0 radical (unpaired) electrons. The molecular formula is C14H23IN4O. The third-order valence-electron chi connectivity index (χ3n) is 3.23. The molecule has 2 rings (SSSR count). The Hall–Kier alpha value is -1.05. The topological polar surface area (TPSA) is 72.5 Å². The monoisotopic (exact) mass is 390 g/mol. The molecule has 20 heavy (non-hydrogen) atoms. The summed E-state index contributed by atoms with van der Waals surface area (Å²) >= 11 is 0. The molecule has 0 aliphatic heterocycles. The fourth-order valence-electron chi connectivity index (χ4n) is 2.26. The Morgan fingerprint density at radius 2 is 2.20 bits per heavy atom. The van der Waals surface area contributed by atoms with Crippen molar-refractivity contribution in [3.05, 3.63) is 24.5 Å². The molecule has 0 saturated heterocycles. The zero-order valence-corrected chi connectivity index (χ0v) is 14.0. The van der Waals surface area contributed by atoms with Crippen LogP contribution < -0.4 is 15.8 Å². The maximum atomic E-state index is 5.85. The van der Waals surface area contributed by atoms with Crippen molar-refractivity contribution in [1.29, 1.82) is 0 Å². The minimum Gasteiger partial charge on any atom is -0.490 e. The summed E-state index contributed by atoms with van der Waals surface area (Å²) in [6.45, 7) is 1.07. The molecule has 0 aromatic carbocycles. The van der Waals surface area contributed by atoms with E-state index in [0.29, 0.717) is 25.2 Å². The predicted octanol–water partition coefficient (Wildman–Crippen LogP) is 2.32. The Morgan fingerprint density at radius 3 is 2.90 bits per heavy atom. The number of halogens is 1. The quantitative estimate of drug-likeness (QED) is 0.350. The molecule has 0 amide bonds. The van der Waals surface area contributed by atoms with E-state index in [1.165, 1.54) is 32.1 Å². The molecule has 0 unspecified atom stereocenters. The van der Waals surface area contributed by atoms with E-state index in [1.807, 2.05) is 12.1 Å². The maximum absolute atomic E-state index is 5.85. The number of hydrogen-bond acceptors (Lipinski definition) is 3. The van der Waals surface area contributed by atoms with Crippen LogP contribution in [0.15, 0.2) is 29.5 Å². The van der Waals surface area contributed by atoms with Crippen LogP contribution in [0.1, 0.15) is 32.1 Å². The van der Waals surface area contributed by atoms with Gasteiger partial charge in [0.2, 0.25) is 0 Å². The maximum Gasteiger partial charge on any atom is 0.188 e. The average molecular weight is 390 g/mol. The number of aliphatic imine (C=N–C) groups is 1. The van der Waals surface area contributed by atoms with Gasteiger partial charge in [0.15, 0.2) is 5.96 Å². The predicted molar refractivity (Wildman–Crippen MR) is 91.6 cm³/mol. The number of nitrogens with zero attached hydrogens (tertiary/aromatic N) is 2. The zero-order chi connectivity index (χ0) is 13.3. The summed E-state index contributed by atoms with van der Waals surface area (Å²) in [4.78, 5) is 8.25. The zero-order valence-electron chi connectivity index (χ0n) is 11.6. The summed E-state index contributed by atoms with van der Waals surface area (Å²) in [6.07, 6.45) is 9.72. The van der Waals surface area contributed by atoms with Crippen molar-refractivity contribution in [3.8, 4) is 5.75 Å². The largest absolute Gasteiger partial charge is 0.490 e. The Balaban J connectivity index is 0.00000200. The first-order valence-electron chi connectivity index (χ1n) is 6.94. The van der Waals surface area contributed by atoms with Gasteiger partial charge in [-0.1, -0.05) is 19.3 Å². The lowest BCUT2D eigenvalue weighted by Crippen LogP contribution is -2.41. The van der Waals surface area contributed by atoms with E-state index in [-0.39, 0.29) is 24.0 Å². The second kappa shape index (κ2) is 9.79. The molecule has 1 aliphatic rings. The molecule has 1 aromatic rings. The average Bonchev–Trinajstić information content (AvgIpc) is 2.46. The molecule has 1 heterocycles. The van der Waals surface area contributed by atoms with Gasteiger partial charge in [-0.15, -0.1) is 24.0 Å². The molecule has 112 valence electrons. The molecular weight excluding hydrogens is 367 g/mol. The van der Waals surface area contributed by atoms with Crippen LogP contribution in [0.5, 0.6) is 5.75 Å².